The van der Waals surface area contributed by atoms with Gasteiger partial charge in [0.05, 0.1) is 10.7 Å². The largest absolute Gasteiger partial charge is 0.326 e. The molecule has 20 heavy (non-hydrogen) atoms. The van der Waals surface area contributed by atoms with Crippen LogP contribution >= 0.6 is 15.9 Å². The SMILES string of the molecule is CC(C)n1ncc(Br)c1C(=O)Cc1ccccc1CN. The number of hydrogen-bond acceptors (Lipinski definition) is 3. The summed E-state index contributed by atoms with van der Waals surface area (Å²) in [5, 5.41) is 4.24. The van der Waals surface area contributed by atoms with Crippen molar-refractivity contribution in [1.82, 2.24) is 9.78 Å². The molecule has 1 heterocycles. The van der Waals surface area contributed by atoms with Gasteiger partial charge in [0.2, 0.25) is 0 Å². The normalized spacial score (nSPS) is 11.1. The summed E-state index contributed by atoms with van der Waals surface area (Å²) in [5.74, 6) is 0.0453. The molecule has 0 aliphatic heterocycles. The maximum Gasteiger partial charge on any atom is 0.186 e. The zero-order valence-electron chi connectivity index (χ0n) is 11.6. The van der Waals surface area contributed by atoms with Crippen LogP contribution in [0.2, 0.25) is 0 Å². The van der Waals surface area contributed by atoms with Crippen LogP contribution in [0.3, 0.4) is 0 Å². The average Bonchev–Trinajstić information content (AvgIpc) is 2.81. The number of ketones is 1. The molecule has 0 radical (unpaired) electrons. The van der Waals surface area contributed by atoms with Crippen LogP contribution < -0.4 is 5.73 Å². The minimum atomic E-state index is 0.0453. The third-order valence-electron chi connectivity index (χ3n) is 3.19. The highest BCUT2D eigenvalue weighted by Gasteiger charge is 2.19. The number of halogens is 1. The van der Waals surface area contributed by atoms with Gasteiger partial charge in [-0.1, -0.05) is 24.3 Å². The monoisotopic (exact) mass is 335 g/mol. The molecule has 0 aliphatic carbocycles. The van der Waals surface area contributed by atoms with Crippen molar-refractivity contribution in [3.05, 3.63) is 51.8 Å². The van der Waals surface area contributed by atoms with Crippen molar-refractivity contribution in [3.63, 3.8) is 0 Å². The van der Waals surface area contributed by atoms with Crippen molar-refractivity contribution in [3.8, 4) is 0 Å². The molecule has 0 unspecified atom stereocenters. The van der Waals surface area contributed by atoms with Crippen LogP contribution in [0.25, 0.3) is 0 Å². The second kappa shape index (κ2) is 6.33. The van der Waals surface area contributed by atoms with E-state index >= 15 is 0 Å². The fourth-order valence-corrected chi connectivity index (χ4v) is 2.67. The number of hydrogen-bond donors (Lipinski definition) is 1. The Bertz CT molecular complexity index is 619. The summed E-state index contributed by atoms with van der Waals surface area (Å²) >= 11 is 3.41. The van der Waals surface area contributed by atoms with Crippen molar-refractivity contribution >= 4 is 21.7 Å². The molecule has 1 aromatic heterocycles. The molecule has 4 nitrogen and oxygen atoms in total. The molecule has 2 N–H and O–H groups in total. The molecular formula is C15H18BrN3O. The van der Waals surface area contributed by atoms with Crippen LogP contribution in [-0.2, 0) is 13.0 Å². The van der Waals surface area contributed by atoms with Crippen LogP contribution in [0.1, 0.15) is 41.5 Å². The fourth-order valence-electron chi connectivity index (χ4n) is 2.18. The van der Waals surface area contributed by atoms with E-state index in [0.29, 0.717) is 18.7 Å². The minimum absolute atomic E-state index is 0.0453. The molecule has 0 fully saturated rings. The maximum atomic E-state index is 12.6. The standard InChI is InChI=1S/C15H18BrN3O/c1-10(2)19-15(13(16)9-18-19)14(20)7-11-5-3-4-6-12(11)8-17/h3-6,9-10H,7-8,17H2,1-2H3. The van der Waals surface area contributed by atoms with E-state index in [9.17, 15) is 4.79 Å². The minimum Gasteiger partial charge on any atom is -0.326 e. The molecule has 5 heteroatoms. The van der Waals surface area contributed by atoms with E-state index in [4.69, 9.17) is 5.73 Å². The first-order chi connectivity index (χ1) is 9.54. The number of nitrogens with two attached hydrogens (primary N) is 1. The molecule has 2 rings (SSSR count). The number of carbonyl (C=O) groups is 1. The van der Waals surface area contributed by atoms with E-state index in [0.717, 1.165) is 15.6 Å². The van der Waals surface area contributed by atoms with E-state index in [1.165, 1.54) is 0 Å². The number of benzene rings is 1. The second-order valence-corrected chi connectivity index (χ2v) is 5.81. The Morgan fingerprint density at radius 1 is 1.35 bits per heavy atom. The lowest BCUT2D eigenvalue weighted by Crippen LogP contribution is -2.16. The molecule has 0 spiro atoms. The Morgan fingerprint density at radius 2 is 2.00 bits per heavy atom. The molecule has 0 saturated carbocycles. The smallest absolute Gasteiger partial charge is 0.186 e. The van der Waals surface area contributed by atoms with Gasteiger partial charge in [-0.2, -0.15) is 5.10 Å². The summed E-state index contributed by atoms with van der Waals surface area (Å²) in [6, 6.07) is 7.91. The van der Waals surface area contributed by atoms with Gasteiger partial charge >= 0.3 is 0 Å². The van der Waals surface area contributed by atoms with Gasteiger partial charge in [0.15, 0.2) is 5.78 Å². The summed E-state index contributed by atoms with van der Waals surface area (Å²) in [7, 11) is 0. The summed E-state index contributed by atoms with van der Waals surface area (Å²) in [6.45, 7) is 4.45. The maximum absolute atomic E-state index is 12.6. The van der Waals surface area contributed by atoms with E-state index in [1.54, 1.807) is 10.9 Å². The lowest BCUT2D eigenvalue weighted by Gasteiger charge is -2.12. The molecule has 0 saturated heterocycles. The molecule has 1 aromatic carbocycles. The van der Waals surface area contributed by atoms with Crippen LogP contribution in [0.5, 0.6) is 0 Å². The van der Waals surface area contributed by atoms with Crippen LogP contribution in [-0.4, -0.2) is 15.6 Å². The van der Waals surface area contributed by atoms with Crippen molar-refractivity contribution in [2.24, 2.45) is 5.73 Å². The molecule has 106 valence electrons. The molecule has 0 aliphatic rings. The number of aromatic nitrogens is 2. The summed E-state index contributed by atoms with van der Waals surface area (Å²) < 4.78 is 2.48. The van der Waals surface area contributed by atoms with Crippen LogP contribution in [0, 0.1) is 0 Å². The lowest BCUT2D eigenvalue weighted by molar-refractivity contribution is 0.0980. The van der Waals surface area contributed by atoms with Gasteiger partial charge < -0.3 is 5.73 Å². The van der Waals surface area contributed by atoms with E-state index < -0.39 is 0 Å². The van der Waals surface area contributed by atoms with Crippen LogP contribution in [0.4, 0.5) is 0 Å². The fraction of sp³-hybridized carbons (Fsp3) is 0.333. The zero-order chi connectivity index (χ0) is 14.7. The van der Waals surface area contributed by atoms with Crippen molar-refractivity contribution in [2.75, 3.05) is 0 Å². The first-order valence-corrected chi connectivity index (χ1v) is 7.37. The third kappa shape index (κ3) is 2.99. The number of rotatable bonds is 5. The van der Waals surface area contributed by atoms with Gasteiger partial charge in [-0.3, -0.25) is 9.48 Å². The zero-order valence-corrected chi connectivity index (χ0v) is 13.2. The molecule has 0 atom stereocenters. The average molecular weight is 336 g/mol. The molecule has 0 bridgehead atoms. The van der Waals surface area contributed by atoms with E-state index in [2.05, 4.69) is 21.0 Å². The van der Waals surface area contributed by atoms with Gasteiger partial charge in [0, 0.05) is 19.0 Å². The van der Waals surface area contributed by atoms with Gasteiger partial charge in [0.25, 0.3) is 0 Å². The quantitative estimate of drug-likeness (QED) is 0.854. The van der Waals surface area contributed by atoms with Gasteiger partial charge in [-0.15, -0.1) is 0 Å². The highest BCUT2D eigenvalue weighted by molar-refractivity contribution is 9.10. The van der Waals surface area contributed by atoms with Crippen molar-refractivity contribution in [2.45, 2.75) is 32.9 Å². The first-order valence-electron chi connectivity index (χ1n) is 6.57. The van der Waals surface area contributed by atoms with Gasteiger partial charge in [0.1, 0.15) is 5.69 Å². The Labute approximate surface area is 127 Å². The highest BCUT2D eigenvalue weighted by Crippen LogP contribution is 2.22. The Hall–Kier alpha value is -1.46. The lowest BCUT2D eigenvalue weighted by atomic mass is 10.0. The molecule has 2 aromatic rings. The van der Waals surface area contributed by atoms with Crippen LogP contribution in [0.15, 0.2) is 34.9 Å². The van der Waals surface area contributed by atoms with Crippen molar-refractivity contribution < 1.29 is 4.79 Å². The van der Waals surface area contributed by atoms with Gasteiger partial charge in [-0.05, 0) is 40.9 Å². The summed E-state index contributed by atoms with van der Waals surface area (Å²) in [6.07, 6.45) is 2.01. The Morgan fingerprint density at radius 3 is 2.60 bits per heavy atom. The third-order valence-corrected chi connectivity index (χ3v) is 3.77. The predicted octanol–water partition coefficient (Wildman–Crippen LogP) is 3.11. The number of carbonyl (C=O) groups excluding carboxylic acids is 1. The van der Waals surface area contributed by atoms with Gasteiger partial charge in [-0.25, -0.2) is 0 Å². The number of nitrogens with zero attached hydrogens (tertiary/aromatic N) is 2. The van der Waals surface area contributed by atoms with E-state index in [-0.39, 0.29) is 11.8 Å². The summed E-state index contributed by atoms with van der Waals surface area (Å²) in [5.41, 5.74) is 8.31. The first kappa shape index (κ1) is 14.9. The topological polar surface area (TPSA) is 60.9 Å². The second-order valence-electron chi connectivity index (χ2n) is 4.95. The molecule has 0 amide bonds. The summed E-state index contributed by atoms with van der Waals surface area (Å²) in [4.78, 5) is 12.6. The Kier molecular flexibility index (Phi) is 4.73. The molecular weight excluding hydrogens is 318 g/mol. The van der Waals surface area contributed by atoms with E-state index in [1.807, 2.05) is 38.1 Å². The highest BCUT2D eigenvalue weighted by atomic mass is 79.9. The number of Topliss-reactive ketones (excluding diaryl/α,β-unsaturated/α-hetero) is 1. The van der Waals surface area contributed by atoms with Crippen molar-refractivity contribution in [1.29, 1.82) is 0 Å². The Balaban J connectivity index is 2.31. The predicted molar refractivity (Wildman–Crippen MR) is 82.7 cm³/mol.